The van der Waals surface area contributed by atoms with Crippen molar-refractivity contribution < 1.29 is 14.3 Å². The van der Waals surface area contributed by atoms with Crippen LogP contribution in [0, 0.1) is 0 Å². The summed E-state index contributed by atoms with van der Waals surface area (Å²) in [6.07, 6.45) is 1.76. The molecule has 3 rings (SSSR count). The topological polar surface area (TPSA) is 60.5 Å². The predicted octanol–water partition coefficient (Wildman–Crippen LogP) is 4.80. The minimum atomic E-state index is -0.658. The molecule has 1 unspecified atom stereocenters. The summed E-state index contributed by atoms with van der Waals surface area (Å²) in [6.45, 7) is 1.69. The van der Waals surface area contributed by atoms with Gasteiger partial charge in [-0.15, -0.1) is 11.3 Å². The Bertz CT molecular complexity index is 912. The summed E-state index contributed by atoms with van der Waals surface area (Å²) in [4.78, 5) is 17.6. The van der Waals surface area contributed by atoms with Gasteiger partial charge < -0.3 is 9.47 Å². The standard InChI is InChI=1S/C20H19ClN2O3S/c1-13(26-16-9-7-15(25-2)8-10-16)19(24)23-20-22-12-17(27-20)11-14-5-3-4-6-18(14)21/h3-10,12-13H,11H2,1-2H3,(H,22,23,24). The highest BCUT2D eigenvalue weighted by Crippen LogP contribution is 2.25. The van der Waals surface area contributed by atoms with E-state index in [2.05, 4.69) is 10.3 Å². The molecule has 7 heteroatoms. The molecule has 5 nitrogen and oxygen atoms in total. The zero-order chi connectivity index (χ0) is 19.2. The van der Waals surface area contributed by atoms with Crippen LogP contribution < -0.4 is 14.8 Å². The number of rotatable bonds is 7. The SMILES string of the molecule is COc1ccc(OC(C)C(=O)Nc2ncc(Cc3ccccc3Cl)s2)cc1. The fourth-order valence-electron chi connectivity index (χ4n) is 2.40. The molecule has 1 aromatic heterocycles. The van der Waals surface area contributed by atoms with Crippen molar-refractivity contribution in [2.24, 2.45) is 0 Å². The van der Waals surface area contributed by atoms with Crippen LogP contribution in [0.4, 0.5) is 5.13 Å². The number of thiazole rings is 1. The molecular formula is C20H19ClN2O3S. The second kappa shape index (κ2) is 8.88. The minimum absolute atomic E-state index is 0.260. The van der Waals surface area contributed by atoms with Crippen LogP contribution in [0.1, 0.15) is 17.4 Å². The Morgan fingerprint density at radius 3 is 2.59 bits per heavy atom. The van der Waals surface area contributed by atoms with Crippen molar-refractivity contribution in [3.63, 3.8) is 0 Å². The lowest BCUT2D eigenvalue weighted by Crippen LogP contribution is -2.30. The predicted molar refractivity (Wildman–Crippen MR) is 108 cm³/mol. The monoisotopic (exact) mass is 402 g/mol. The van der Waals surface area contributed by atoms with Crippen LogP contribution in [-0.2, 0) is 11.2 Å². The Balaban J connectivity index is 1.57. The molecular weight excluding hydrogens is 384 g/mol. The van der Waals surface area contributed by atoms with E-state index in [0.29, 0.717) is 17.3 Å². The molecule has 1 heterocycles. The van der Waals surface area contributed by atoms with Crippen molar-refractivity contribution in [3.05, 3.63) is 70.2 Å². The molecule has 3 aromatic rings. The molecule has 0 radical (unpaired) electrons. The first kappa shape index (κ1) is 19.2. The number of benzene rings is 2. The lowest BCUT2D eigenvalue weighted by molar-refractivity contribution is -0.122. The van der Waals surface area contributed by atoms with E-state index in [4.69, 9.17) is 21.1 Å². The number of carbonyl (C=O) groups is 1. The summed E-state index contributed by atoms with van der Waals surface area (Å²) in [5.74, 6) is 1.06. The molecule has 1 N–H and O–H groups in total. The number of hydrogen-bond acceptors (Lipinski definition) is 5. The molecule has 0 bridgehead atoms. The van der Waals surface area contributed by atoms with E-state index >= 15 is 0 Å². The van der Waals surface area contributed by atoms with Gasteiger partial charge in [-0.1, -0.05) is 29.8 Å². The summed E-state index contributed by atoms with van der Waals surface area (Å²) in [5, 5.41) is 4.05. The zero-order valence-corrected chi connectivity index (χ0v) is 16.5. The Labute approximate surface area is 166 Å². The summed E-state index contributed by atoms with van der Waals surface area (Å²) < 4.78 is 10.8. The molecule has 0 aliphatic heterocycles. The molecule has 0 fully saturated rings. The van der Waals surface area contributed by atoms with Crippen LogP contribution in [0.25, 0.3) is 0 Å². The first-order valence-corrected chi connectivity index (χ1v) is 9.54. The first-order valence-electron chi connectivity index (χ1n) is 8.35. The molecule has 2 aromatic carbocycles. The number of halogens is 1. The van der Waals surface area contributed by atoms with Gasteiger partial charge in [-0.2, -0.15) is 0 Å². The summed E-state index contributed by atoms with van der Waals surface area (Å²) in [7, 11) is 1.60. The first-order chi connectivity index (χ1) is 13.0. The third-order valence-corrected chi connectivity index (χ3v) is 5.13. The summed E-state index contributed by atoms with van der Waals surface area (Å²) in [5.41, 5.74) is 1.02. The van der Waals surface area contributed by atoms with Crippen LogP contribution in [0.5, 0.6) is 11.5 Å². The number of methoxy groups -OCH3 is 1. The third-order valence-electron chi connectivity index (χ3n) is 3.85. The highest BCUT2D eigenvalue weighted by Gasteiger charge is 2.17. The summed E-state index contributed by atoms with van der Waals surface area (Å²) in [6, 6.07) is 14.8. The number of ether oxygens (including phenoxy) is 2. The average Bonchev–Trinajstić information content (AvgIpc) is 3.11. The number of nitrogens with zero attached hydrogens (tertiary/aromatic N) is 1. The number of nitrogens with one attached hydrogen (secondary N) is 1. The van der Waals surface area contributed by atoms with Gasteiger partial charge in [0, 0.05) is 22.5 Å². The van der Waals surface area contributed by atoms with Crippen molar-refractivity contribution in [1.82, 2.24) is 4.98 Å². The summed E-state index contributed by atoms with van der Waals surface area (Å²) >= 11 is 7.61. The molecule has 140 valence electrons. The van der Waals surface area contributed by atoms with E-state index in [1.54, 1.807) is 44.5 Å². The van der Waals surface area contributed by atoms with Crippen molar-refractivity contribution in [1.29, 1.82) is 0 Å². The molecule has 27 heavy (non-hydrogen) atoms. The van der Waals surface area contributed by atoms with E-state index in [-0.39, 0.29) is 5.91 Å². The Kier molecular flexibility index (Phi) is 6.32. The van der Waals surface area contributed by atoms with Crippen molar-refractivity contribution in [2.75, 3.05) is 12.4 Å². The molecule has 0 aliphatic rings. The third kappa shape index (κ3) is 5.21. The van der Waals surface area contributed by atoms with E-state index in [1.807, 2.05) is 24.3 Å². The van der Waals surface area contributed by atoms with Gasteiger partial charge in [-0.3, -0.25) is 10.1 Å². The quantitative estimate of drug-likeness (QED) is 0.616. The maximum atomic E-state index is 12.3. The van der Waals surface area contributed by atoms with Gasteiger partial charge in [-0.05, 0) is 42.8 Å². The molecule has 0 aliphatic carbocycles. The van der Waals surface area contributed by atoms with E-state index < -0.39 is 6.10 Å². The lowest BCUT2D eigenvalue weighted by Gasteiger charge is -2.13. The highest BCUT2D eigenvalue weighted by atomic mass is 35.5. The largest absolute Gasteiger partial charge is 0.497 e. The van der Waals surface area contributed by atoms with Crippen LogP contribution in [-0.4, -0.2) is 24.1 Å². The number of amides is 1. The molecule has 0 spiro atoms. The van der Waals surface area contributed by atoms with Gasteiger partial charge in [0.15, 0.2) is 11.2 Å². The van der Waals surface area contributed by atoms with Gasteiger partial charge in [0.2, 0.25) is 0 Å². The Morgan fingerprint density at radius 2 is 1.89 bits per heavy atom. The Hall–Kier alpha value is -2.57. The number of anilines is 1. The van der Waals surface area contributed by atoms with Crippen molar-refractivity contribution in [2.45, 2.75) is 19.4 Å². The highest BCUT2D eigenvalue weighted by molar-refractivity contribution is 7.15. The maximum Gasteiger partial charge on any atom is 0.266 e. The van der Waals surface area contributed by atoms with Gasteiger partial charge in [0.05, 0.1) is 7.11 Å². The van der Waals surface area contributed by atoms with Crippen LogP contribution in [0.3, 0.4) is 0 Å². The van der Waals surface area contributed by atoms with Crippen molar-refractivity contribution >= 4 is 34.0 Å². The molecule has 0 saturated carbocycles. The smallest absolute Gasteiger partial charge is 0.266 e. The number of aromatic nitrogens is 1. The van der Waals surface area contributed by atoms with Crippen molar-refractivity contribution in [3.8, 4) is 11.5 Å². The van der Waals surface area contributed by atoms with Crippen LogP contribution in [0.2, 0.25) is 5.02 Å². The zero-order valence-electron chi connectivity index (χ0n) is 14.9. The fraction of sp³-hybridized carbons (Fsp3) is 0.200. The van der Waals surface area contributed by atoms with Crippen LogP contribution >= 0.6 is 22.9 Å². The average molecular weight is 403 g/mol. The lowest BCUT2D eigenvalue weighted by atomic mass is 10.1. The van der Waals surface area contributed by atoms with Gasteiger partial charge in [0.1, 0.15) is 11.5 Å². The van der Waals surface area contributed by atoms with E-state index in [1.165, 1.54) is 11.3 Å². The minimum Gasteiger partial charge on any atom is -0.497 e. The molecule has 1 amide bonds. The second-order valence-electron chi connectivity index (χ2n) is 5.82. The van der Waals surface area contributed by atoms with Gasteiger partial charge >= 0.3 is 0 Å². The van der Waals surface area contributed by atoms with E-state index in [0.717, 1.165) is 21.2 Å². The number of carbonyl (C=O) groups excluding carboxylic acids is 1. The maximum absolute atomic E-state index is 12.3. The fourth-order valence-corrected chi connectivity index (χ4v) is 3.44. The number of hydrogen-bond donors (Lipinski definition) is 1. The van der Waals surface area contributed by atoms with E-state index in [9.17, 15) is 4.79 Å². The second-order valence-corrected chi connectivity index (χ2v) is 7.35. The van der Waals surface area contributed by atoms with Gasteiger partial charge in [-0.25, -0.2) is 4.98 Å². The Morgan fingerprint density at radius 1 is 1.19 bits per heavy atom. The van der Waals surface area contributed by atoms with Crippen LogP contribution in [0.15, 0.2) is 54.7 Å². The molecule has 1 atom stereocenters. The van der Waals surface area contributed by atoms with Gasteiger partial charge in [0.25, 0.3) is 5.91 Å². The normalized spacial score (nSPS) is 11.7. The molecule has 0 saturated heterocycles.